The molecule has 0 saturated carbocycles. The fourth-order valence-electron chi connectivity index (χ4n) is 2.54. The van der Waals surface area contributed by atoms with Crippen molar-refractivity contribution >= 4 is 17.5 Å². The van der Waals surface area contributed by atoms with Crippen LogP contribution < -0.4 is 5.32 Å². The Morgan fingerprint density at radius 3 is 2.85 bits per heavy atom. The zero-order valence-electron chi connectivity index (χ0n) is 11.9. The van der Waals surface area contributed by atoms with Gasteiger partial charge in [0.15, 0.2) is 0 Å². The summed E-state index contributed by atoms with van der Waals surface area (Å²) in [5.41, 5.74) is 1.20. The third kappa shape index (κ3) is 2.66. The minimum absolute atomic E-state index is 0.0399. The molecule has 0 aliphatic carbocycles. The van der Waals surface area contributed by atoms with Crippen LogP contribution in [0.5, 0.6) is 0 Å². The molecule has 0 unspecified atom stereocenters. The molecular formula is C15H19FN2O2. The van der Waals surface area contributed by atoms with Crippen molar-refractivity contribution in [3.05, 3.63) is 29.6 Å². The molecule has 0 aromatic heterocycles. The zero-order chi connectivity index (χ0) is 14.9. The quantitative estimate of drug-likeness (QED) is 0.903. The van der Waals surface area contributed by atoms with Gasteiger partial charge in [0.25, 0.3) is 0 Å². The third-order valence-corrected chi connectivity index (χ3v) is 3.86. The van der Waals surface area contributed by atoms with Crippen molar-refractivity contribution in [3.63, 3.8) is 0 Å². The Labute approximate surface area is 118 Å². The van der Waals surface area contributed by atoms with Crippen molar-refractivity contribution in [2.75, 3.05) is 5.32 Å². The lowest BCUT2D eigenvalue weighted by molar-refractivity contribution is -0.139. The van der Waals surface area contributed by atoms with Gasteiger partial charge in [0, 0.05) is 19.2 Å². The molecule has 2 atom stereocenters. The van der Waals surface area contributed by atoms with E-state index >= 15 is 0 Å². The highest BCUT2D eigenvalue weighted by molar-refractivity contribution is 5.98. The monoisotopic (exact) mass is 278 g/mol. The molecule has 1 aromatic carbocycles. The summed E-state index contributed by atoms with van der Waals surface area (Å²) in [6.07, 6.45) is 0.784. The standard InChI is InChI=1S/C15H19FN2O2/c1-4-9(2)14-15(20)17-13-6-5-12(16)7-11(13)8-18(14)10(3)19/h5-7,9,14H,4,8H2,1-3H3,(H,17,20)/t9-,14-/m0/s1. The van der Waals surface area contributed by atoms with E-state index in [0.29, 0.717) is 11.3 Å². The summed E-state index contributed by atoms with van der Waals surface area (Å²) in [4.78, 5) is 25.8. The maximum absolute atomic E-state index is 13.4. The first-order valence-electron chi connectivity index (χ1n) is 6.80. The van der Waals surface area contributed by atoms with Crippen molar-refractivity contribution in [3.8, 4) is 0 Å². The lowest BCUT2D eigenvalue weighted by Gasteiger charge is -2.31. The lowest BCUT2D eigenvalue weighted by Crippen LogP contribution is -2.48. The van der Waals surface area contributed by atoms with Gasteiger partial charge in [0.2, 0.25) is 11.8 Å². The summed E-state index contributed by atoms with van der Waals surface area (Å²) in [5.74, 6) is -0.719. The van der Waals surface area contributed by atoms with Crippen molar-refractivity contribution < 1.29 is 14.0 Å². The first-order chi connectivity index (χ1) is 9.43. The number of carbonyl (C=O) groups is 2. The van der Waals surface area contributed by atoms with E-state index in [4.69, 9.17) is 0 Å². The summed E-state index contributed by atoms with van der Waals surface area (Å²) < 4.78 is 13.4. The minimum atomic E-state index is -0.520. The van der Waals surface area contributed by atoms with Gasteiger partial charge in [-0.3, -0.25) is 9.59 Å². The Kier molecular flexibility index (Phi) is 4.06. The van der Waals surface area contributed by atoms with E-state index in [-0.39, 0.29) is 30.1 Å². The number of nitrogens with one attached hydrogen (secondary N) is 1. The van der Waals surface area contributed by atoms with E-state index in [9.17, 15) is 14.0 Å². The van der Waals surface area contributed by atoms with Crippen molar-refractivity contribution in [2.45, 2.75) is 39.8 Å². The average Bonchev–Trinajstić information content (AvgIpc) is 2.53. The van der Waals surface area contributed by atoms with E-state index in [2.05, 4.69) is 5.32 Å². The summed E-state index contributed by atoms with van der Waals surface area (Å²) >= 11 is 0. The molecule has 4 nitrogen and oxygen atoms in total. The Morgan fingerprint density at radius 1 is 1.55 bits per heavy atom. The van der Waals surface area contributed by atoms with Gasteiger partial charge in [-0.1, -0.05) is 20.3 Å². The molecule has 2 rings (SSSR count). The largest absolute Gasteiger partial charge is 0.326 e. The summed E-state index contributed by atoms with van der Waals surface area (Å²) in [5, 5.41) is 2.80. The van der Waals surface area contributed by atoms with E-state index in [1.807, 2.05) is 13.8 Å². The predicted molar refractivity (Wildman–Crippen MR) is 74.5 cm³/mol. The van der Waals surface area contributed by atoms with Crippen LogP contribution in [0, 0.1) is 11.7 Å². The second kappa shape index (κ2) is 5.61. The van der Waals surface area contributed by atoms with Crippen LogP contribution in [0.25, 0.3) is 0 Å². The van der Waals surface area contributed by atoms with Gasteiger partial charge in [-0.15, -0.1) is 0 Å². The molecule has 1 aromatic rings. The number of amides is 2. The molecule has 2 amide bonds. The average molecular weight is 278 g/mol. The molecule has 1 heterocycles. The normalized spacial score (nSPS) is 19.9. The second-order valence-corrected chi connectivity index (χ2v) is 5.27. The molecule has 5 heteroatoms. The number of hydrogen-bond acceptors (Lipinski definition) is 2. The number of nitrogens with zero attached hydrogens (tertiary/aromatic N) is 1. The first-order valence-corrected chi connectivity index (χ1v) is 6.80. The van der Waals surface area contributed by atoms with Crippen LogP contribution in [0.4, 0.5) is 10.1 Å². The summed E-state index contributed by atoms with van der Waals surface area (Å²) in [6, 6.07) is 3.69. The fraction of sp³-hybridized carbons (Fsp3) is 0.467. The lowest BCUT2D eigenvalue weighted by atomic mass is 9.96. The number of carbonyl (C=O) groups excluding carboxylic acids is 2. The molecule has 1 N–H and O–H groups in total. The maximum atomic E-state index is 13.4. The molecule has 0 bridgehead atoms. The van der Waals surface area contributed by atoms with Gasteiger partial charge in [0.05, 0.1) is 0 Å². The van der Waals surface area contributed by atoms with Crippen LogP contribution in [-0.2, 0) is 16.1 Å². The van der Waals surface area contributed by atoms with Gasteiger partial charge >= 0.3 is 0 Å². The highest BCUT2D eigenvalue weighted by atomic mass is 19.1. The number of rotatable bonds is 2. The Hall–Kier alpha value is -1.91. The van der Waals surface area contributed by atoms with Crippen LogP contribution >= 0.6 is 0 Å². The number of anilines is 1. The molecule has 20 heavy (non-hydrogen) atoms. The molecular weight excluding hydrogens is 259 g/mol. The first kappa shape index (κ1) is 14.5. The van der Waals surface area contributed by atoms with Crippen molar-refractivity contribution in [1.29, 1.82) is 0 Å². The van der Waals surface area contributed by atoms with Gasteiger partial charge in [-0.2, -0.15) is 0 Å². The molecule has 1 aliphatic heterocycles. The van der Waals surface area contributed by atoms with Gasteiger partial charge < -0.3 is 10.2 Å². The highest BCUT2D eigenvalue weighted by Gasteiger charge is 2.35. The Balaban J connectivity index is 2.45. The van der Waals surface area contributed by atoms with Crippen LogP contribution in [-0.4, -0.2) is 22.8 Å². The maximum Gasteiger partial charge on any atom is 0.247 e. The van der Waals surface area contributed by atoms with Crippen LogP contribution in [0.15, 0.2) is 18.2 Å². The molecule has 0 radical (unpaired) electrons. The number of hydrogen-bond donors (Lipinski definition) is 1. The predicted octanol–water partition coefficient (Wildman–Crippen LogP) is 2.54. The molecule has 1 aliphatic rings. The molecule has 108 valence electrons. The smallest absolute Gasteiger partial charge is 0.247 e. The van der Waals surface area contributed by atoms with E-state index in [0.717, 1.165) is 6.42 Å². The van der Waals surface area contributed by atoms with Crippen LogP contribution in [0.1, 0.15) is 32.8 Å². The van der Waals surface area contributed by atoms with E-state index < -0.39 is 6.04 Å². The van der Waals surface area contributed by atoms with Gasteiger partial charge in [0.1, 0.15) is 11.9 Å². The summed E-state index contributed by atoms with van der Waals surface area (Å²) in [7, 11) is 0. The zero-order valence-corrected chi connectivity index (χ0v) is 11.9. The van der Waals surface area contributed by atoms with E-state index in [1.165, 1.54) is 24.0 Å². The summed E-state index contributed by atoms with van der Waals surface area (Å²) in [6.45, 7) is 5.61. The van der Waals surface area contributed by atoms with Crippen molar-refractivity contribution in [2.24, 2.45) is 5.92 Å². The molecule has 0 fully saturated rings. The fourth-order valence-corrected chi connectivity index (χ4v) is 2.54. The Bertz CT molecular complexity index is 545. The van der Waals surface area contributed by atoms with Gasteiger partial charge in [-0.05, 0) is 29.7 Å². The van der Waals surface area contributed by atoms with Crippen LogP contribution in [0.3, 0.4) is 0 Å². The third-order valence-electron chi connectivity index (χ3n) is 3.86. The highest BCUT2D eigenvalue weighted by Crippen LogP contribution is 2.27. The second-order valence-electron chi connectivity index (χ2n) is 5.27. The number of halogens is 1. The molecule has 0 saturated heterocycles. The Morgan fingerprint density at radius 2 is 2.25 bits per heavy atom. The SMILES string of the molecule is CC[C@H](C)[C@H]1C(=O)Nc2ccc(F)cc2CN1C(C)=O. The topological polar surface area (TPSA) is 49.4 Å². The van der Waals surface area contributed by atoms with Crippen molar-refractivity contribution in [1.82, 2.24) is 4.90 Å². The number of benzene rings is 1. The number of fused-ring (bicyclic) bond motifs is 1. The molecule has 0 spiro atoms. The van der Waals surface area contributed by atoms with E-state index in [1.54, 1.807) is 6.07 Å². The van der Waals surface area contributed by atoms with Crippen LogP contribution in [0.2, 0.25) is 0 Å². The van der Waals surface area contributed by atoms with Gasteiger partial charge in [-0.25, -0.2) is 4.39 Å². The minimum Gasteiger partial charge on any atom is -0.326 e.